The van der Waals surface area contributed by atoms with Crippen molar-refractivity contribution in [3.05, 3.63) is 30.5 Å². The molecule has 2 rings (SSSR count). The van der Waals surface area contributed by atoms with Crippen molar-refractivity contribution >= 4 is 32.5 Å². The molecule has 0 aliphatic heterocycles. The van der Waals surface area contributed by atoms with Gasteiger partial charge in [-0.25, -0.2) is 4.98 Å². The summed E-state index contributed by atoms with van der Waals surface area (Å²) in [6.07, 6.45) is 2.98. The Morgan fingerprint density at radius 2 is 2.16 bits per heavy atom. The summed E-state index contributed by atoms with van der Waals surface area (Å²) in [6.45, 7) is 4.12. The molecule has 0 unspecified atom stereocenters. The zero-order valence-electron chi connectivity index (χ0n) is 11.4. The number of alkyl halides is 1. The minimum absolute atomic E-state index is 0.873. The maximum atomic E-state index is 5.32. The molecular formula is C15H19BrN2O. The second-order valence-corrected chi connectivity index (χ2v) is 5.14. The van der Waals surface area contributed by atoms with Crippen molar-refractivity contribution in [3.8, 4) is 5.75 Å². The Balaban J connectivity index is 2.45. The summed E-state index contributed by atoms with van der Waals surface area (Å²) in [5.41, 5.74) is 0. The van der Waals surface area contributed by atoms with Crippen LogP contribution in [0.25, 0.3) is 10.8 Å². The fourth-order valence-corrected chi connectivity index (χ4v) is 2.43. The van der Waals surface area contributed by atoms with Crippen LogP contribution in [0.4, 0.5) is 5.82 Å². The van der Waals surface area contributed by atoms with Crippen LogP contribution < -0.4 is 9.64 Å². The number of fused-ring (bicyclic) bond motifs is 1. The number of benzene rings is 1. The highest BCUT2D eigenvalue weighted by atomic mass is 79.9. The van der Waals surface area contributed by atoms with E-state index < -0.39 is 0 Å². The van der Waals surface area contributed by atoms with Crippen LogP contribution in [-0.4, -0.2) is 30.5 Å². The second kappa shape index (κ2) is 6.75. The van der Waals surface area contributed by atoms with Gasteiger partial charge in [-0.1, -0.05) is 22.0 Å². The van der Waals surface area contributed by atoms with Gasteiger partial charge in [0.2, 0.25) is 0 Å². The third kappa shape index (κ3) is 3.18. The monoisotopic (exact) mass is 322 g/mol. The van der Waals surface area contributed by atoms with Gasteiger partial charge >= 0.3 is 0 Å². The predicted molar refractivity (Wildman–Crippen MR) is 84.6 cm³/mol. The number of ether oxygens (including phenoxy) is 1. The van der Waals surface area contributed by atoms with Gasteiger partial charge in [-0.2, -0.15) is 0 Å². The van der Waals surface area contributed by atoms with Crippen molar-refractivity contribution in [1.82, 2.24) is 4.98 Å². The van der Waals surface area contributed by atoms with Gasteiger partial charge in [0.1, 0.15) is 11.6 Å². The first-order valence-electron chi connectivity index (χ1n) is 6.53. The molecule has 3 nitrogen and oxygen atoms in total. The number of methoxy groups -OCH3 is 1. The Bertz CT molecular complexity index is 545. The highest BCUT2D eigenvalue weighted by Crippen LogP contribution is 2.28. The third-order valence-corrected chi connectivity index (χ3v) is 3.76. The van der Waals surface area contributed by atoms with E-state index in [1.807, 2.05) is 18.3 Å². The molecule has 19 heavy (non-hydrogen) atoms. The average molecular weight is 323 g/mol. The Hall–Kier alpha value is -1.29. The van der Waals surface area contributed by atoms with Crippen LogP contribution >= 0.6 is 15.9 Å². The Morgan fingerprint density at radius 1 is 1.32 bits per heavy atom. The molecule has 0 radical (unpaired) electrons. The maximum Gasteiger partial charge on any atom is 0.136 e. The van der Waals surface area contributed by atoms with Crippen molar-refractivity contribution in [2.75, 3.05) is 30.4 Å². The van der Waals surface area contributed by atoms with E-state index >= 15 is 0 Å². The first-order valence-corrected chi connectivity index (χ1v) is 7.66. The van der Waals surface area contributed by atoms with E-state index in [-0.39, 0.29) is 0 Å². The SMILES string of the molecule is CCN(CCCBr)c1nccc2ccc(OC)cc12. The molecule has 0 amide bonds. The first kappa shape index (κ1) is 14.1. The minimum atomic E-state index is 0.873. The molecule has 0 aliphatic rings. The molecule has 0 N–H and O–H groups in total. The lowest BCUT2D eigenvalue weighted by molar-refractivity contribution is 0.415. The van der Waals surface area contributed by atoms with E-state index in [4.69, 9.17) is 4.74 Å². The van der Waals surface area contributed by atoms with Crippen LogP contribution in [0.3, 0.4) is 0 Å². The van der Waals surface area contributed by atoms with Crippen LogP contribution in [0.5, 0.6) is 5.75 Å². The molecule has 0 aliphatic carbocycles. The van der Waals surface area contributed by atoms with E-state index in [2.05, 4.69) is 44.9 Å². The number of hydrogen-bond donors (Lipinski definition) is 0. The van der Waals surface area contributed by atoms with E-state index in [0.717, 1.165) is 41.8 Å². The number of nitrogens with zero attached hydrogens (tertiary/aromatic N) is 2. The van der Waals surface area contributed by atoms with Gasteiger partial charge in [0.15, 0.2) is 0 Å². The van der Waals surface area contributed by atoms with Crippen molar-refractivity contribution in [2.24, 2.45) is 0 Å². The van der Waals surface area contributed by atoms with Crippen molar-refractivity contribution in [1.29, 1.82) is 0 Å². The molecule has 0 saturated heterocycles. The quantitative estimate of drug-likeness (QED) is 0.755. The van der Waals surface area contributed by atoms with Crippen LogP contribution in [0, 0.1) is 0 Å². The summed E-state index contributed by atoms with van der Waals surface area (Å²) >= 11 is 3.49. The topological polar surface area (TPSA) is 25.4 Å². The van der Waals surface area contributed by atoms with Gasteiger partial charge in [-0.3, -0.25) is 0 Å². The van der Waals surface area contributed by atoms with Crippen LogP contribution in [0.15, 0.2) is 30.5 Å². The lowest BCUT2D eigenvalue weighted by Crippen LogP contribution is -2.25. The summed E-state index contributed by atoms with van der Waals surface area (Å²) in [4.78, 5) is 6.87. The fourth-order valence-electron chi connectivity index (χ4n) is 2.18. The molecule has 102 valence electrons. The van der Waals surface area contributed by atoms with E-state index in [9.17, 15) is 0 Å². The van der Waals surface area contributed by atoms with Gasteiger partial charge in [0.05, 0.1) is 7.11 Å². The van der Waals surface area contributed by atoms with Crippen molar-refractivity contribution in [2.45, 2.75) is 13.3 Å². The summed E-state index contributed by atoms with van der Waals surface area (Å²) in [7, 11) is 1.69. The van der Waals surface area contributed by atoms with E-state index in [1.54, 1.807) is 7.11 Å². The van der Waals surface area contributed by atoms with Crippen molar-refractivity contribution < 1.29 is 4.74 Å². The Morgan fingerprint density at radius 3 is 2.84 bits per heavy atom. The summed E-state index contributed by atoms with van der Waals surface area (Å²) < 4.78 is 5.32. The van der Waals surface area contributed by atoms with Gasteiger partial charge in [-0.05, 0) is 36.9 Å². The summed E-state index contributed by atoms with van der Waals surface area (Å²) in [5, 5.41) is 3.36. The number of halogens is 1. The van der Waals surface area contributed by atoms with Gasteiger partial charge in [0, 0.05) is 30.0 Å². The summed E-state index contributed by atoms with van der Waals surface area (Å²) in [5.74, 6) is 1.91. The summed E-state index contributed by atoms with van der Waals surface area (Å²) in [6, 6.07) is 8.17. The molecule has 0 saturated carbocycles. The largest absolute Gasteiger partial charge is 0.497 e. The number of pyridine rings is 1. The van der Waals surface area contributed by atoms with Gasteiger partial charge in [-0.15, -0.1) is 0 Å². The lowest BCUT2D eigenvalue weighted by Gasteiger charge is -2.23. The third-order valence-electron chi connectivity index (χ3n) is 3.20. The van der Waals surface area contributed by atoms with Gasteiger partial charge < -0.3 is 9.64 Å². The average Bonchev–Trinajstić information content (AvgIpc) is 2.47. The Labute approximate surface area is 122 Å². The fraction of sp³-hybridized carbons (Fsp3) is 0.400. The molecule has 4 heteroatoms. The van der Waals surface area contributed by atoms with Crippen molar-refractivity contribution in [3.63, 3.8) is 0 Å². The van der Waals surface area contributed by atoms with E-state index in [1.165, 1.54) is 5.39 Å². The van der Waals surface area contributed by atoms with Crippen LogP contribution in [0.2, 0.25) is 0 Å². The molecule has 0 bridgehead atoms. The van der Waals surface area contributed by atoms with E-state index in [0.29, 0.717) is 0 Å². The molecular weight excluding hydrogens is 304 g/mol. The molecule has 1 aromatic heterocycles. The molecule has 1 heterocycles. The highest BCUT2D eigenvalue weighted by Gasteiger charge is 2.10. The number of anilines is 1. The lowest BCUT2D eigenvalue weighted by atomic mass is 10.1. The van der Waals surface area contributed by atoms with Gasteiger partial charge in [0.25, 0.3) is 0 Å². The highest BCUT2D eigenvalue weighted by molar-refractivity contribution is 9.09. The molecule has 0 spiro atoms. The zero-order valence-corrected chi connectivity index (χ0v) is 13.0. The predicted octanol–water partition coefficient (Wildman–Crippen LogP) is 3.85. The first-order chi connectivity index (χ1) is 9.30. The zero-order chi connectivity index (χ0) is 13.7. The number of hydrogen-bond acceptors (Lipinski definition) is 3. The number of aromatic nitrogens is 1. The second-order valence-electron chi connectivity index (χ2n) is 4.34. The molecule has 0 fully saturated rings. The standard InChI is InChI=1S/C15H19BrN2O/c1-3-18(10-4-8-16)15-14-11-13(19-2)6-5-12(14)7-9-17-15/h5-7,9,11H,3-4,8,10H2,1-2H3. The normalized spacial score (nSPS) is 10.7. The maximum absolute atomic E-state index is 5.32. The Kier molecular flexibility index (Phi) is 5.02. The minimum Gasteiger partial charge on any atom is -0.497 e. The van der Waals surface area contributed by atoms with Crippen LogP contribution in [-0.2, 0) is 0 Å². The molecule has 1 aromatic carbocycles. The number of rotatable bonds is 6. The van der Waals surface area contributed by atoms with Crippen LogP contribution in [0.1, 0.15) is 13.3 Å². The smallest absolute Gasteiger partial charge is 0.136 e. The molecule has 0 atom stereocenters. The molecule has 2 aromatic rings.